The first-order chi connectivity index (χ1) is 16.6. The fourth-order valence-corrected chi connectivity index (χ4v) is 5.65. The molecule has 3 aromatic carbocycles. The number of nitrogens with zero attached hydrogens (tertiary/aromatic N) is 1. The van der Waals surface area contributed by atoms with Gasteiger partial charge in [-0.25, -0.2) is 8.42 Å². The Hall–Kier alpha value is -3.00. The molecule has 3 rings (SSSR count). The molecule has 0 saturated heterocycles. The fourth-order valence-electron chi connectivity index (χ4n) is 3.84. The van der Waals surface area contributed by atoms with Crippen molar-refractivity contribution in [1.29, 1.82) is 0 Å². The number of hydrogen-bond acceptors (Lipinski definition) is 4. The van der Waals surface area contributed by atoms with Crippen molar-refractivity contribution in [2.75, 3.05) is 0 Å². The summed E-state index contributed by atoms with van der Waals surface area (Å²) in [4.78, 5) is 23.6. The van der Waals surface area contributed by atoms with Crippen LogP contribution in [0.4, 0.5) is 0 Å². The van der Waals surface area contributed by atoms with Gasteiger partial charge in [-0.3, -0.25) is 9.59 Å². The van der Waals surface area contributed by atoms with E-state index < -0.39 is 28.0 Å². The Morgan fingerprint density at radius 2 is 1.54 bits per heavy atom. The average Bonchev–Trinajstić information content (AvgIpc) is 2.85. The van der Waals surface area contributed by atoms with E-state index in [0.717, 1.165) is 5.56 Å². The highest BCUT2D eigenvalue weighted by Gasteiger charge is 2.32. The maximum absolute atomic E-state index is 13.8. The zero-order valence-corrected chi connectivity index (χ0v) is 21.2. The predicted molar refractivity (Wildman–Crippen MR) is 136 cm³/mol. The van der Waals surface area contributed by atoms with E-state index in [9.17, 15) is 18.0 Å². The molecule has 0 aliphatic rings. The van der Waals surface area contributed by atoms with Gasteiger partial charge < -0.3 is 5.11 Å². The molecule has 8 heteroatoms. The molecule has 0 heterocycles. The van der Waals surface area contributed by atoms with E-state index in [2.05, 4.69) is 0 Å². The fraction of sp³-hybridized carbons (Fsp3) is 0.259. The van der Waals surface area contributed by atoms with Gasteiger partial charge >= 0.3 is 5.97 Å². The van der Waals surface area contributed by atoms with E-state index in [4.69, 9.17) is 16.7 Å². The summed E-state index contributed by atoms with van der Waals surface area (Å²) in [6, 6.07) is 21.8. The smallest absolute Gasteiger partial charge is 0.306 e. The second kappa shape index (κ2) is 11.6. The Balaban J connectivity index is 1.95. The Morgan fingerprint density at radius 1 is 0.943 bits per heavy atom. The number of carboxylic acids is 1. The number of ketones is 1. The normalized spacial score (nSPS) is 13.4. The Kier molecular flexibility index (Phi) is 8.83. The molecule has 0 fully saturated rings. The summed E-state index contributed by atoms with van der Waals surface area (Å²) in [6.45, 7) is 3.52. The van der Waals surface area contributed by atoms with Crippen LogP contribution in [0, 0.1) is 5.92 Å². The predicted octanol–water partition coefficient (Wildman–Crippen LogP) is 5.98. The van der Waals surface area contributed by atoms with Crippen molar-refractivity contribution in [3.63, 3.8) is 0 Å². The minimum Gasteiger partial charge on any atom is -0.481 e. The molecule has 184 valence electrons. The van der Waals surface area contributed by atoms with Gasteiger partial charge in [0.1, 0.15) is 0 Å². The van der Waals surface area contributed by atoms with E-state index in [1.807, 2.05) is 37.3 Å². The van der Waals surface area contributed by atoms with Gasteiger partial charge in [-0.15, -0.1) is 0 Å². The highest BCUT2D eigenvalue weighted by molar-refractivity contribution is 7.89. The first-order valence-corrected chi connectivity index (χ1v) is 13.1. The summed E-state index contributed by atoms with van der Waals surface area (Å²) >= 11 is 5.98. The van der Waals surface area contributed by atoms with Crippen LogP contribution in [-0.4, -0.2) is 29.6 Å². The minimum absolute atomic E-state index is 0.0956. The quantitative estimate of drug-likeness (QED) is 0.319. The highest BCUT2D eigenvalue weighted by atomic mass is 35.5. The third-order valence-corrected chi connectivity index (χ3v) is 7.99. The van der Waals surface area contributed by atoms with E-state index in [1.165, 1.54) is 23.4 Å². The van der Waals surface area contributed by atoms with Crippen molar-refractivity contribution in [2.24, 2.45) is 5.92 Å². The topological polar surface area (TPSA) is 91.8 Å². The van der Waals surface area contributed by atoms with E-state index >= 15 is 0 Å². The summed E-state index contributed by atoms with van der Waals surface area (Å²) < 4.78 is 29.0. The Bertz CT molecular complexity index is 1260. The number of carboxylic acid groups (broad SMARTS) is 1. The molecule has 0 amide bonds. The molecule has 3 aromatic rings. The number of sulfonamides is 1. The number of benzene rings is 3. The van der Waals surface area contributed by atoms with Crippen LogP contribution in [0.2, 0.25) is 5.02 Å². The number of rotatable bonds is 11. The first kappa shape index (κ1) is 26.6. The molecule has 35 heavy (non-hydrogen) atoms. The maximum atomic E-state index is 13.8. The molecule has 1 unspecified atom stereocenters. The molecule has 0 aromatic heterocycles. The number of halogens is 1. The van der Waals surface area contributed by atoms with Crippen molar-refractivity contribution in [3.05, 3.63) is 101 Å². The lowest BCUT2D eigenvalue weighted by Gasteiger charge is -2.31. The molecule has 6 nitrogen and oxygen atoms in total. The summed E-state index contributed by atoms with van der Waals surface area (Å²) in [5, 5.41) is 9.50. The van der Waals surface area contributed by atoms with Gasteiger partial charge in [0, 0.05) is 23.6 Å². The van der Waals surface area contributed by atoms with Gasteiger partial charge in [0.05, 0.1) is 16.9 Å². The van der Waals surface area contributed by atoms with Crippen molar-refractivity contribution < 1.29 is 23.1 Å². The molecule has 1 N–H and O–H groups in total. The van der Waals surface area contributed by atoms with E-state index in [0.29, 0.717) is 22.6 Å². The van der Waals surface area contributed by atoms with Gasteiger partial charge in [-0.05, 0) is 41.8 Å². The first-order valence-electron chi connectivity index (χ1n) is 11.3. The van der Waals surface area contributed by atoms with Crippen LogP contribution in [0.1, 0.15) is 54.2 Å². The van der Waals surface area contributed by atoms with Gasteiger partial charge in [0.15, 0.2) is 5.78 Å². The standard InChI is InChI=1S/C27H28ClNO5S/c1-3-25(21-7-5-4-6-8-21)29(35(33,34)24-15-13-23(28)14-16-24)18-20-9-11-22(12-10-20)26(30)17-19(2)27(31)32/h4-16,19,25H,3,17-18H2,1-2H3,(H,31,32)/t19-,25?/m0/s1. The van der Waals surface area contributed by atoms with Crippen LogP contribution in [0.3, 0.4) is 0 Å². The Labute approximate surface area is 211 Å². The van der Waals surface area contributed by atoms with Crippen LogP contribution < -0.4 is 0 Å². The number of carbonyl (C=O) groups is 2. The van der Waals surface area contributed by atoms with Gasteiger partial charge in [-0.2, -0.15) is 4.31 Å². The Morgan fingerprint density at radius 3 is 2.09 bits per heavy atom. The molecular weight excluding hydrogens is 486 g/mol. The largest absolute Gasteiger partial charge is 0.481 e. The number of aliphatic carboxylic acids is 1. The molecular formula is C27H28ClNO5S. The highest BCUT2D eigenvalue weighted by Crippen LogP contribution is 2.32. The van der Waals surface area contributed by atoms with Crippen molar-refractivity contribution in [1.82, 2.24) is 4.31 Å². The summed E-state index contributed by atoms with van der Waals surface area (Å²) in [7, 11) is -3.88. The lowest BCUT2D eigenvalue weighted by Crippen LogP contribution is -2.34. The van der Waals surface area contributed by atoms with Crippen LogP contribution in [0.5, 0.6) is 0 Å². The van der Waals surface area contributed by atoms with E-state index in [-0.39, 0.29) is 23.6 Å². The monoisotopic (exact) mass is 513 g/mol. The average molecular weight is 514 g/mol. The summed E-state index contributed by atoms with van der Waals surface area (Å²) in [6.07, 6.45) is 0.456. The molecule has 0 saturated carbocycles. The third kappa shape index (κ3) is 6.57. The third-order valence-electron chi connectivity index (χ3n) is 5.87. The summed E-state index contributed by atoms with van der Waals surface area (Å²) in [5.74, 6) is -2.07. The number of Topliss-reactive ketones (excluding diaryl/α,β-unsaturated/α-hetero) is 1. The number of carbonyl (C=O) groups excluding carboxylic acids is 1. The SMILES string of the molecule is CCC(c1ccccc1)N(Cc1ccc(C(=O)C[C@H](C)C(=O)O)cc1)S(=O)(=O)c1ccc(Cl)cc1. The number of hydrogen-bond donors (Lipinski definition) is 1. The van der Waals surface area contributed by atoms with Crippen LogP contribution in [-0.2, 0) is 21.4 Å². The molecule has 0 radical (unpaired) electrons. The second-order valence-corrected chi connectivity index (χ2v) is 10.7. The van der Waals surface area contributed by atoms with Crippen LogP contribution in [0.25, 0.3) is 0 Å². The van der Waals surface area contributed by atoms with Gasteiger partial charge in [0.2, 0.25) is 10.0 Å². The lowest BCUT2D eigenvalue weighted by molar-refractivity contribution is -0.141. The minimum atomic E-state index is -3.88. The molecule has 0 aliphatic carbocycles. The van der Waals surface area contributed by atoms with Crippen LogP contribution in [0.15, 0.2) is 83.8 Å². The maximum Gasteiger partial charge on any atom is 0.306 e. The van der Waals surface area contributed by atoms with Gasteiger partial charge in [-0.1, -0.05) is 80.0 Å². The van der Waals surface area contributed by atoms with Crippen molar-refractivity contribution >= 4 is 33.4 Å². The van der Waals surface area contributed by atoms with E-state index in [1.54, 1.807) is 36.4 Å². The van der Waals surface area contributed by atoms with Crippen molar-refractivity contribution in [2.45, 2.75) is 44.2 Å². The molecule has 0 bridgehead atoms. The zero-order chi connectivity index (χ0) is 25.6. The summed E-state index contributed by atoms with van der Waals surface area (Å²) in [5.41, 5.74) is 1.98. The molecule has 0 aliphatic heterocycles. The zero-order valence-electron chi connectivity index (χ0n) is 19.6. The molecule has 2 atom stereocenters. The molecule has 0 spiro atoms. The second-order valence-electron chi connectivity index (χ2n) is 8.40. The lowest BCUT2D eigenvalue weighted by atomic mass is 9.99. The van der Waals surface area contributed by atoms with Crippen molar-refractivity contribution in [3.8, 4) is 0 Å². The van der Waals surface area contributed by atoms with Gasteiger partial charge in [0.25, 0.3) is 0 Å². The van der Waals surface area contributed by atoms with Crippen LogP contribution >= 0.6 is 11.6 Å².